The van der Waals surface area contributed by atoms with Gasteiger partial charge in [0.2, 0.25) is 11.8 Å². The van der Waals surface area contributed by atoms with Crippen molar-refractivity contribution < 1.29 is 14.7 Å². The average Bonchev–Trinajstić information content (AvgIpc) is 3.38. The van der Waals surface area contributed by atoms with E-state index in [1.165, 1.54) is 0 Å². The molecule has 2 N–H and O–H groups in total. The fraction of sp³-hybridized carbons (Fsp3) is 0.579. The molecule has 1 aromatic carbocycles. The quantitative estimate of drug-likeness (QED) is 0.759. The molecular weight excluding hydrogens is 318 g/mol. The molecule has 2 fully saturated rings. The average molecular weight is 345 g/mol. The van der Waals surface area contributed by atoms with Gasteiger partial charge in [-0.3, -0.25) is 14.5 Å². The molecule has 1 saturated carbocycles. The summed E-state index contributed by atoms with van der Waals surface area (Å²) in [5, 5.41) is 12.3. The molecule has 2 aliphatic rings. The van der Waals surface area contributed by atoms with E-state index in [9.17, 15) is 14.7 Å². The van der Waals surface area contributed by atoms with Gasteiger partial charge in [0.05, 0.1) is 19.1 Å². The number of piperazine rings is 1. The van der Waals surface area contributed by atoms with Gasteiger partial charge in [0.15, 0.2) is 0 Å². The first kappa shape index (κ1) is 17.9. The van der Waals surface area contributed by atoms with Gasteiger partial charge < -0.3 is 15.3 Å². The van der Waals surface area contributed by atoms with Crippen LogP contribution in [0.1, 0.15) is 24.8 Å². The van der Waals surface area contributed by atoms with Gasteiger partial charge in [-0.1, -0.05) is 30.3 Å². The Bertz CT molecular complexity index is 616. The smallest absolute Gasteiger partial charge is 0.237 e. The predicted octanol–water partition coefficient (Wildman–Crippen LogP) is 0.608. The molecule has 3 rings (SSSR count). The fourth-order valence-electron chi connectivity index (χ4n) is 3.45. The van der Waals surface area contributed by atoms with Crippen molar-refractivity contribution in [2.75, 3.05) is 33.3 Å². The van der Waals surface area contributed by atoms with Gasteiger partial charge in [-0.05, 0) is 18.4 Å². The molecule has 1 heterocycles. The highest BCUT2D eigenvalue weighted by Crippen LogP contribution is 2.45. The maximum absolute atomic E-state index is 12.6. The van der Waals surface area contributed by atoms with Crippen LogP contribution in [0.25, 0.3) is 0 Å². The Labute approximate surface area is 148 Å². The third-order valence-corrected chi connectivity index (χ3v) is 5.33. The Morgan fingerprint density at radius 1 is 1.36 bits per heavy atom. The van der Waals surface area contributed by atoms with Gasteiger partial charge in [0.25, 0.3) is 0 Å². The molecule has 6 nitrogen and oxygen atoms in total. The van der Waals surface area contributed by atoms with Crippen LogP contribution >= 0.6 is 0 Å². The summed E-state index contributed by atoms with van der Waals surface area (Å²) in [4.78, 5) is 28.7. The third-order valence-electron chi connectivity index (χ3n) is 5.33. The van der Waals surface area contributed by atoms with E-state index in [0.29, 0.717) is 19.6 Å². The van der Waals surface area contributed by atoms with Crippen LogP contribution in [0.15, 0.2) is 30.3 Å². The number of benzene rings is 1. The Kier molecular flexibility index (Phi) is 5.39. The Morgan fingerprint density at radius 3 is 2.72 bits per heavy atom. The minimum Gasteiger partial charge on any atom is -0.396 e. The lowest BCUT2D eigenvalue weighted by molar-refractivity contribution is -0.138. The van der Waals surface area contributed by atoms with Gasteiger partial charge in [0, 0.05) is 38.6 Å². The molecule has 0 bridgehead atoms. The molecule has 2 amide bonds. The largest absolute Gasteiger partial charge is 0.396 e. The van der Waals surface area contributed by atoms with Crippen LogP contribution < -0.4 is 5.32 Å². The van der Waals surface area contributed by atoms with Crippen LogP contribution in [0.2, 0.25) is 0 Å². The van der Waals surface area contributed by atoms with Gasteiger partial charge in [0.1, 0.15) is 0 Å². The van der Waals surface area contributed by atoms with E-state index in [0.717, 1.165) is 24.9 Å². The van der Waals surface area contributed by atoms with E-state index >= 15 is 0 Å². The van der Waals surface area contributed by atoms with E-state index in [1.54, 1.807) is 11.9 Å². The molecule has 0 radical (unpaired) electrons. The van der Waals surface area contributed by atoms with Crippen LogP contribution in [0, 0.1) is 5.41 Å². The second kappa shape index (κ2) is 7.54. The van der Waals surface area contributed by atoms with E-state index in [2.05, 4.69) is 10.2 Å². The summed E-state index contributed by atoms with van der Waals surface area (Å²) in [6.45, 7) is 2.70. The summed E-state index contributed by atoms with van der Waals surface area (Å²) in [6, 6.07) is 9.57. The minimum absolute atomic E-state index is 0.0418. The van der Waals surface area contributed by atoms with Crippen molar-refractivity contribution in [2.24, 2.45) is 5.41 Å². The standard InChI is InChI=1S/C19H27N3O3/c1-21(13-19(14-23)7-8-19)17(24)11-16-18(25)20-9-10-22(16)12-15-5-3-2-4-6-15/h2-6,16,23H,7-14H2,1H3,(H,20,25). The van der Waals surface area contributed by atoms with Crippen molar-refractivity contribution in [1.82, 2.24) is 15.1 Å². The molecule has 0 aromatic heterocycles. The second-order valence-electron chi connectivity index (χ2n) is 7.37. The second-order valence-corrected chi connectivity index (χ2v) is 7.37. The molecule has 1 atom stereocenters. The normalized spacial score (nSPS) is 22.3. The third kappa shape index (κ3) is 4.38. The van der Waals surface area contributed by atoms with Crippen LogP contribution in [0.5, 0.6) is 0 Å². The lowest BCUT2D eigenvalue weighted by Gasteiger charge is -2.35. The first-order chi connectivity index (χ1) is 12.0. The molecule has 6 heteroatoms. The van der Waals surface area contributed by atoms with Crippen molar-refractivity contribution in [2.45, 2.75) is 31.8 Å². The molecular formula is C19H27N3O3. The summed E-state index contributed by atoms with van der Waals surface area (Å²) in [6.07, 6.45) is 2.10. The van der Waals surface area contributed by atoms with Gasteiger partial charge in [-0.25, -0.2) is 0 Å². The highest BCUT2D eigenvalue weighted by molar-refractivity contribution is 5.88. The van der Waals surface area contributed by atoms with E-state index in [-0.39, 0.29) is 30.3 Å². The van der Waals surface area contributed by atoms with Crippen LogP contribution in [-0.2, 0) is 16.1 Å². The molecule has 1 unspecified atom stereocenters. The maximum Gasteiger partial charge on any atom is 0.237 e. The monoisotopic (exact) mass is 345 g/mol. The van der Waals surface area contributed by atoms with Crippen molar-refractivity contribution in [3.63, 3.8) is 0 Å². The zero-order valence-corrected chi connectivity index (χ0v) is 14.8. The number of carbonyl (C=O) groups is 2. The highest BCUT2D eigenvalue weighted by atomic mass is 16.3. The Morgan fingerprint density at radius 2 is 2.08 bits per heavy atom. The van der Waals surface area contributed by atoms with E-state index < -0.39 is 6.04 Å². The SMILES string of the molecule is CN(CC1(CO)CC1)C(=O)CC1C(=O)NCCN1Cc1ccccc1. The number of carbonyl (C=O) groups excluding carboxylic acids is 2. The molecule has 1 aromatic rings. The fourth-order valence-corrected chi connectivity index (χ4v) is 3.45. The highest BCUT2D eigenvalue weighted by Gasteiger charge is 2.44. The Balaban J connectivity index is 1.62. The van der Waals surface area contributed by atoms with Crippen LogP contribution in [-0.4, -0.2) is 66.1 Å². The number of nitrogens with one attached hydrogen (secondary N) is 1. The lowest BCUT2D eigenvalue weighted by Crippen LogP contribution is -2.56. The van der Waals surface area contributed by atoms with Crippen molar-refractivity contribution in [1.29, 1.82) is 0 Å². The molecule has 25 heavy (non-hydrogen) atoms. The van der Waals surface area contributed by atoms with E-state index in [1.807, 2.05) is 30.3 Å². The molecule has 1 aliphatic heterocycles. The van der Waals surface area contributed by atoms with E-state index in [4.69, 9.17) is 0 Å². The van der Waals surface area contributed by atoms with Crippen molar-refractivity contribution in [3.05, 3.63) is 35.9 Å². The van der Waals surface area contributed by atoms with Crippen molar-refractivity contribution in [3.8, 4) is 0 Å². The number of rotatable bonds is 7. The molecule has 0 spiro atoms. The lowest BCUT2D eigenvalue weighted by atomic mass is 10.0. The zero-order valence-electron chi connectivity index (χ0n) is 14.8. The molecule has 1 saturated heterocycles. The number of aliphatic hydroxyl groups is 1. The van der Waals surface area contributed by atoms with Crippen LogP contribution in [0.4, 0.5) is 0 Å². The zero-order chi connectivity index (χ0) is 17.9. The molecule has 136 valence electrons. The predicted molar refractivity (Wildman–Crippen MR) is 94.7 cm³/mol. The van der Waals surface area contributed by atoms with Gasteiger partial charge >= 0.3 is 0 Å². The summed E-state index contributed by atoms with van der Waals surface area (Å²) >= 11 is 0. The van der Waals surface area contributed by atoms with Gasteiger partial charge in [-0.15, -0.1) is 0 Å². The number of amides is 2. The number of hydrogen-bond donors (Lipinski definition) is 2. The number of aliphatic hydroxyl groups excluding tert-OH is 1. The summed E-state index contributed by atoms with van der Waals surface area (Å²) in [7, 11) is 1.76. The Hall–Kier alpha value is -1.92. The maximum atomic E-state index is 12.6. The topological polar surface area (TPSA) is 72.9 Å². The van der Waals surface area contributed by atoms with Gasteiger partial charge in [-0.2, -0.15) is 0 Å². The number of hydrogen-bond acceptors (Lipinski definition) is 4. The summed E-state index contributed by atoms with van der Waals surface area (Å²) in [5.41, 5.74) is 1.03. The summed E-state index contributed by atoms with van der Waals surface area (Å²) in [5.74, 6) is -0.118. The number of nitrogens with zero attached hydrogens (tertiary/aromatic N) is 2. The van der Waals surface area contributed by atoms with Crippen molar-refractivity contribution >= 4 is 11.8 Å². The molecule has 1 aliphatic carbocycles. The first-order valence-electron chi connectivity index (χ1n) is 8.93. The summed E-state index contributed by atoms with van der Waals surface area (Å²) < 4.78 is 0. The first-order valence-corrected chi connectivity index (χ1v) is 8.93. The minimum atomic E-state index is -0.437. The van der Waals surface area contributed by atoms with Crippen LogP contribution in [0.3, 0.4) is 0 Å².